The molecule has 1 aromatic carbocycles. The average Bonchev–Trinajstić information content (AvgIpc) is 3.30. The van der Waals surface area contributed by atoms with Gasteiger partial charge in [-0.3, -0.25) is 19.3 Å². The number of rotatable bonds is 5. The van der Waals surface area contributed by atoms with E-state index in [2.05, 4.69) is 10.2 Å². The van der Waals surface area contributed by atoms with Gasteiger partial charge in [0, 0.05) is 50.2 Å². The molecule has 0 bridgehead atoms. The maximum Gasteiger partial charge on any atom is 0.311 e. The lowest BCUT2D eigenvalue weighted by Crippen LogP contribution is -2.46. The number of morpholine rings is 1. The molecule has 2 amide bonds. The molecular formula is C24H33N3O4. The molecule has 3 aliphatic rings. The van der Waals surface area contributed by atoms with Crippen molar-refractivity contribution in [1.82, 2.24) is 15.1 Å². The minimum atomic E-state index is -0.521. The standard InChI is InChI=1S/C24H33N3O4/c28-22(21-9-5-4-6-18(21)16-26-12-14-31-15-13-26)19-10-11-27(17-19)24(30)23(29)25-20-7-2-1-3-8-20/h4-6,9,19-20H,1-3,7-8,10-17H2,(H,25,29). The topological polar surface area (TPSA) is 79.0 Å². The van der Waals surface area contributed by atoms with Gasteiger partial charge in [-0.15, -0.1) is 0 Å². The molecule has 1 unspecified atom stereocenters. The molecule has 31 heavy (non-hydrogen) atoms. The zero-order valence-corrected chi connectivity index (χ0v) is 18.2. The molecule has 2 heterocycles. The summed E-state index contributed by atoms with van der Waals surface area (Å²) in [6.45, 7) is 4.68. The maximum atomic E-state index is 13.3. The second kappa shape index (κ2) is 10.4. The van der Waals surface area contributed by atoms with E-state index in [1.54, 1.807) is 4.90 Å². The third kappa shape index (κ3) is 5.52. The highest BCUT2D eigenvalue weighted by Crippen LogP contribution is 2.24. The van der Waals surface area contributed by atoms with E-state index in [1.165, 1.54) is 6.42 Å². The number of hydrogen-bond acceptors (Lipinski definition) is 5. The molecule has 2 aliphatic heterocycles. The van der Waals surface area contributed by atoms with Crippen molar-refractivity contribution in [3.63, 3.8) is 0 Å². The number of carbonyl (C=O) groups is 3. The second-order valence-corrected chi connectivity index (χ2v) is 8.96. The number of likely N-dealkylation sites (tertiary alicyclic amines) is 1. The highest BCUT2D eigenvalue weighted by Gasteiger charge is 2.35. The number of ketones is 1. The highest BCUT2D eigenvalue weighted by atomic mass is 16.5. The molecule has 1 saturated carbocycles. The van der Waals surface area contributed by atoms with Crippen molar-refractivity contribution < 1.29 is 19.1 Å². The molecule has 2 saturated heterocycles. The Labute approximate surface area is 184 Å². The van der Waals surface area contributed by atoms with Gasteiger partial charge >= 0.3 is 11.8 Å². The summed E-state index contributed by atoms with van der Waals surface area (Å²) in [4.78, 5) is 42.2. The van der Waals surface area contributed by atoms with Gasteiger partial charge in [0.1, 0.15) is 0 Å². The molecule has 7 heteroatoms. The van der Waals surface area contributed by atoms with E-state index in [-0.39, 0.29) is 17.7 Å². The fourth-order valence-electron chi connectivity index (χ4n) is 4.92. The molecule has 7 nitrogen and oxygen atoms in total. The van der Waals surface area contributed by atoms with E-state index in [0.717, 1.165) is 69.7 Å². The first-order chi connectivity index (χ1) is 15.1. The van der Waals surface area contributed by atoms with E-state index >= 15 is 0 Å². The molecule has 0 spiro atoms. The van der Waals surface area contributed by atoms with Crippen LogP contribution in [0.2, 0.25) is 0 Å². The van der Waals surface area contributed by atoms with Crippen molar-refractivity contribution >= 4 is 17.6 Å². The minimum Gasteiger partial charge on any atom is -0.379 e. The fourth-order valence-corrected chi connectivity index (χ4v) is 4.92. The Morgan fingerprint density at radius 2 is 1.71 bits per heavy atom. The summed E-state index contributed by atoms with van der Waals surface area (Å²) in [6, 6.07) is 7.87. The Balaban J connectivity index is 1.35. The third-order valence-electron chi connectivity index (χ3n) is 6.76. The predicted octanol–water partition coefficient (Wildman–Crippen LogP) is 2.00. The fraction of sp³-hybridized carbons (Fsp3) is 0.625. The monoisotopic (exact) mass is 427 g/mol. The van der Waals surface area contributed by atoms with Gasteiger partial charge in [0.25, 0.3) is 0 Å². The van der Waals surface area contributed by atoms with Crippen molar-refractivity contribution in [2.45, 2.75) is 51.1 Å². The van der Waals surface area contributed by atoms with Crippen LogP contribution < -0.4 is 5.32 Å². The van der Waals surface area contributed by atoms with Crippen LogP contribution in [-0.2, 0) is 20.9 Å². The lowest BCUT2D eigenvalue weighted by molar-refractivity contribution is -0.145. The van der Waals surface area contributed by atoms with Gasteiger partial charge in [-0.2, -0.15) is 0 Å². The van der Waals surface area contributed by atoms with Crippen molar-refractivity contribution in [2.24, 2.45) is 5.92 Å². The Kier molecular flexibility index (Phi) is 7.35. The second-order valence-electron chi connectivity index (χ2n) is 8.96. The van der Waals surface area contributed by atoms with Crippen LogP contribution in [0.1, 0.15) is 54.4 Å². The predicted molar refractivity (Wildman–Crippen MR) is 117 cm³/mol. The van der Waals surface area contributed by atoms with Crippen LogP contribution in [0.5, 0.6) is 0 Å². The SMILES string of the molecule is O=C(NC1CCCCC1)C(=O)N1CCC(C(=O)c2ccccc2CN2CCOCC2)C1. The molecule has 1 aromatic rings. The number of amides is 2. The summed E-state index contributed by atoms with van der Waals surface area (Å²) in [5, 5.41) is 2.90. The van der Waals surface area contributed by atoms with Gasteiger partial charge in [0.05, 0.1) is 13.2 Å². The molecule has 1 aliphatic carbocycles. The van der Waals surface area contributed by atoms with E-state index in [9.17, 15) is 14.4 Å². The van der Waals surface area contributed by atoms with E-state index in [0.29, 0.717) is 19.5 Å². The molecule has 4 rings (SSSR count). The number of benzene rings is 1. The van der Waals surface area contributed by atoms with Gasteiger partial charge in [0.2, 0.25) is 0 Å². The number of nitrogens with one attached hydrogen (secondary N) is 1. The third-order valence-corrected chi connectivity index (χ3v) is 6.76. The first-order valence-corrected chi connectivity index (χ1v) is 11.6. The minimum absolute atomic E-state index is 0.0758. The molecule has 0 radical (unpaired) electrons. The molecular weight excluding hydrogens is 394 g/mol. The van der Waals surface area contributed by atoms with Crippen molar-refractivity contribution in [3.05, 3.63) is 35.4 Å². The van der Waals surface area contributed by atoms with Gasteiger partial charge in [-0.05, 0) is 24.8 Å². The first kappa shape index (κ1) is 22.0. The summed E-state index contributed by atoms with van der Waals surface area (Å²) in [7, 11) is 0. The number of Topliss-reactive ketones (excluding diaryl/α,β-unsaturated/α-hetero) is 1. The Bertz CT molecular complexity index is 800. The number of carbonyl (C=O) groups excluding carboxylic acids is 3. The van der Waals surface area contributed by atoms with Crippen molar-refractivity contribution in [2.75, 3.05) is 39.4 Å². The van der Waals surface area contributed by atoms with Gasteiger partial charge in [0.15, 0.2) is 5.78 Å². The van der Waals surface area contributed by atoms with Crippen molar-refractivity contribution in [3.8, 4) is 0 Å². The summed E-state index contributed by atoms with van der Waals surface area (Å²) in [5.41, 5.74) is 1.76. The van der Waals surface area contributed by atoms with E-state index < -0.39 is 11.8 Å². The lowest BCUT2D eigenvalue weighted by atomic mass is 9.93. The Hall–Kier alpha value is -2.25. The van der Waals surface area contributed by atoms with Crippen LogP contribution in [0.15, 0.2) is 24.3 Å². The summed E-state index contributed by atoms with van der Waals surface area (Å²) in [6.07, 6.45) is 5.89. The number of ether oxygens (including phenoxy) is 1. The van der Waals surface area contributed by atoms with Gasteiger partial charge in [-0.1, -0.05) is 43.5 Å². The maximum absolute atomic E-state index is 13.3. The normalized spacial score (nSPS) is 23.0. The van der Waals surface area contributed by atoms with Gasteiger partial charge < -0.3 is 15.0 Å². The molecule has 168 valence electrons. The summed E-state index contributed by atoms with van der Waals surface area (Å²) in [5.74, 6) is -1.20. The molecule has 3 fully saturated rings. The number of nitrogens with zero attached hydrogens (tertiary/aromatic N) is 2. The lowest BCUT2D eigenvalue weighted by Gasteiger charge is -2.27. The van der Waals surface area contributed by atoms with Crippen molar-refractivity contribution in [1.29, 1.82) is 0 Å². The van der Waals surface area contributed by atoms with Crippen LogP contribution in [0.4, 0.5) is 0 Å². The van der Waals surface area contributed by atoms with E-state index in [1.807, 2.05) is 24.3 Å². The van der Waals surface area contributed by atoms with Crippen LogP contribution in [0.25, 0.3) is 0 Å². The Morgan fingerprint density at radius 1 is 0.968 bits per heavy atom. The quantitative estimate of drug-likeness (QED) is 0.574. The summed E-state index contributed by atoms with van der Waals surface area (Å²) >= 11 is 0. The number of hydrogen-bond donors (Lipinski definition) is 1. The van der Waals surface area contributed by atoms with Crippen LogP contribution in [-0.4, -0.2) is 72.8 Å². The zero-order chi connectivity index (χ0) is 21.6. The smallest absolute Gasteiger partial charge is 0.311 e. The first-order valence-electron chi connectivity index (χ1n) is 11.6. The molecule has 1 atom stereocenters. The largest absolute Gasteiger partial charge is 0.379 e. The zero-order valence-electron chi connectivity index (χ0n) is 18.2. The highest BCUT2D eigenvalue weighted by molar-refractivity contribution is 6.35. The molecule has 1 N–H and O–H groups in total. The van der Waals surface area contributed by atoms with Gasteiger partial charge in [-0.25, -0.2) is 0 Å². The van der Waals surface area contributed by atoms with Crippen LogP contribution in [0.3, 0.4) is 0 Å². The average molecular weight is 428 g/mol. The van der Waals surface area contributed by atoms with E-state index in [4.69, 9.17) is 4.74 Å². The Morgan fingerprint density at radius 3 is 2.48 bits per heavy atom. The van der Waals surface area contributed by atoms with Crippen LogP contribution >= 0.6 is 0 Å². The molecule has 0 aromatic heterocycles. The summed E-state index contributed by atoms with van der Waals surface area (Å²) < 4.78 is 5.42. The van der Waals surface area contributed by atoms with Crippen LogP contribution in [0, 0.1) is 5.92 Å².